The first-order valence-corrected chi connectivity index (χ1v) is 8.78. The van der Waals surface area contributed by atoms with Crippen LogP contribution in [0.4, 0.5) is 0 Å². The smallest absolute Gasteiger partial charge is 0.222 e. The number of carbonyl (C=O) groups excluding carboxylic acids is 2. The van der Waals surface area contributed by atoms with Crippen LogP contribution in [0.5, 0.6) is 0 Å². The number of carbonyl (C=O) groups is 2. The molecule has 5 heteroatoms. The molecule has 1 radical (unpaired) electrons. The van der Waals surface area contributed by atoms with E-state index in [9.17, 15) is 9.59 Å². The van der Waals surface area contributed by atoms with Gasteiger partial charge in [-0.05, 0) is 19.3 Å². The minimum Gasteiger partial charge on any atom is -0.356 e. The predicted octanol–water partition coefficient (Wildman–Crippen LogP) is 2.92. The zero-order valence-electron chi connectivity index (χ0n) is 14.6. The van der Waals surface area contributed by atoms with Crippen LogP contribution >= 0.6 is 0 Å². The third kappa shape index (κ3) is 11.5. The van der Waals surface area contributed by atoms with E-state index in [2.05, 4.69) is 17.6 Å². The molecule has 0 aromatic heterocycles. The van der Waals surface area contributed by atoms with E-state index in [0.29, 0.717) is 12.8 Å². The topological polar surface area (TPSA) is 58.2 Å². The first-order chi connectivity index (χ1) is 10.2. The van der Waals surface area contributed by atoms with Gasteiger partial charge in [0.2, 0.25) is 11.8 Å². The van der Waals surface area contributed by atoms with Crippen molar-refractivity contribution in [1.29, 1.82) is 0 Å². The van der Waals surface area contributed by atoms with Gasteiger partial charge in [-0.3, -0.25) is 9.59 Å². The minimum absolute atomic E-state index is 0. The van der Waals surface area contributed by atoms with Gasteiger partial charge < -0.3 is 10.6 Å². The summed E-state index contributed by atoms with van der Waals surface area (Å²) in [6.07, 6.45) is 12.9. The Morgan fingerprint density at radius 1 is 1.14 bits per heavy atom. The Balaban J connectivity index is 0.00000441. The molecular formula is C17H32N2NaO2. The summed E-state index contributed by atoms with van der Waals surface area (Å²) in [5, 5.41) is 5.85. The van der Waals surface area contributed by atoms with Crippen molar-refractivity contribution in [2.75, 3.05) is 6.54 Å². The summed E-state index contributed by atoms with van der Waals surface area (Å²) in [4.78, 5) is 23.3. The van der Waals surface area contributed by atoms with Crippen LogP contribution in [0, 0.1) is 0 Å². The van der Waals surface area contributed by atoms with Gasteiger partial charge in [0.1, 0.15) is 0 Å². The third-order valence-corrected chi connectivity index (χ3v) is 4.11. The van der Waals surface area contributed by atoms with E-state index in [4.69, 9.17) is 0 Å². The number of rotatable bonds is 10. The molecule has 0 saturated carbocycles. The van der Waals surface area contributed by atoms with Crippen molar-refractivity contribution in [3.8, 4) is 0 Å². The zero-order chi connectivity index (χ0) is 15.3. The molecule has 1 aliphatic rings. The second-order valence-corrected chi connectivity index (χ2v) is 6.19. The van der Waals surface area contributed by atoms with Gasteiger partial charge >= 0.3 is 0 Å². The van der Waals surface area contributed by atoms with Crippen molar-refractivity contribution < 1.29 is 9.59 Å². The molecular weight excluding hydrogens is 287 g/mol. The monoisotopic (exact) mass is 319 g/mol. The summed E-state index contributed by atoms with van der Waals surface area (Å²) in [5.41, 5.74) is 0. The molecule has 0 spiro atoms. The molecule has 123 valence electrons. The Bertz CT molecular complexity index is 311. The van der Waals surface area contributed by atoms with E-state index in [0.717, 1.165) is 32.2 Å². The predicted molar refractivity (Wildman–Crippen MR) is 91.8 cm³/mol. The summed E-state index contributed by atoms with van der Waals surface area (Å²) >= 11 is 0. The molecule has 4 nitrogen and oxygen atoms in total. The summed E-state index contributed by atoms with van der Waals surface area (Å²) in [6.45, 7) is 2.97. The van der Waals surface area contributed by atoms with Crippen LogP contribution in [0.2, 0.25) is 0 Å². The molecule has 1 unspecified atom stereocenters. The second kappa shape index (κ2) is 14.5. The quantitative estimate of drug-likeness (QED) is 0.480. The number of unbranched alkanes of at least 4 members (excludes halogenated alkanes) is 7. The number of hydrogen-bond donors (Lipinski definition) is 2. The first kappa shape index (κ1) is 21.9. The van der Waals surface area contributed by atoms with E-state index in [-0.39, 0.29) is 47.4 Å². The largest absolute Gasteiger partial charge is 0.356 e. The normalized spacial score (nSPS) is 18.0. The molecule has 2 amide bonds. The van der Waals surface area contributed by atoms with Crippen LogP contribution in [0.15, 0.2) is 0 Å². The van der Waals surface area contributed by atoms with Gasteiger partial charge in [0, 0.05) is 55.0 Å². The fourth-order valence-corrected chi connectivity index (χ4v) is 2.82. The SMILES string of the molecule is CCCCCCCCCCC(=O)NC1CCCNC(=O)C1.[Na]. The van der Waals surface area contributed by atoms with Gasteiger partial charge in [-0.25, -0.2) is 0 Å². The van der Waals surface area contributed by atoms with E-state index in [1.165, 1.54) is 38.5 Å². The van der Waals surface area contributed by atoms with Crippen LogP contribution in [0.3, 0.4) is 0 Å². The van der Waals surface area contributed by atoms with Crippen molar-refractivity contribution in [2.24, 2.45) is 0 Å². The van der Waals surface area contributed by atoms with Crippen LogP contribution in [0.1, 0.15) is 84.0 Å². The van der Waals surface area contributed by atoms with Gasteiger partial charge in [0.25, 0.3) is 0 Å². The van der Waals surface area contributed by atoms with Crippen LogP contribution in [-0.4, -0.2) is 54.0 Å². The summed E-state index contributed by atoms with van der Waals surface area (Å²) in [7, 11) is 0. The molecule has 0 aromatic carbocycles. The summed E-state index contributed by atoms with van der Waals surface area (Å²) in [5.74, 6) is 0.172. The molecule has 1 saturated heterocycles. The molecule has 1 fully saturated rings. The van der Waals surface area contributed by atoms with E-state index < -0.39 is 0 Å². The molecule has 22 heavy (non-hydrogen) atoms. The third-order valence-electron chi connectivity index (χ3n) is 4.11. The maximum absolute atomic E-state index is 11.9. The van der Waals surface area contributed by atoms with Crippen molar-refractivity contribution in [3.63, 3.8) is 0 Å². The minimum atomic E-state index is 0. The Morgan fingerprint density at radius 2 is 1.77 bits per heavy atom. The Morgan fingerprint density at radius 3 is 2.45 bits per heavy atom. The molecule has 0 aromatic rings. The first-order valence-electron chi connectivity index (χ1n) is 8.78. The standard InChI is InChI=1S/C17H32N2O2.Na/c1-2-3-4-5-6-7-8-9-12-16(20)19-15-11-10-13-18-17(21)14-15;/h15H,2-14H2,1H3,(H,18,21)(H,19,20);. The molecule has 1 aliphatic heterocycles. The zero-order valence-corrected chi connectivity index (χ0v) is 16.6. The summed E-state index contributed by atoms with van der Waals surface area (Å²) in [6, 6.07) is 0.0362. The van der Waals surface area contributed by atoms with Crippen molar-refractivity contribution in [2.45, 2.75) is 90.0 Å². The van der Waals surface area contributed by atoms with Gasteiger partial charge in [-0.2, -0.15) is 0 Å². The fraction of sp³-hybridized carbons (Fsp3) is 0.882. The van der Waals surface area contributed by atoms with Gasteiger partial charge in [0.15, 0.2) is 0 Å². The Kier molecular flexibility index (Phi) is 14.5. The van der Waals surface area contributed by atoms with Crippen molar-refractivity contribution in [3.05, 3.63) is 0 Å². The van der Waals surface area contributed by atoms with Crippen molar-refractivity contribution in [1.82, 2.24) is 10.6 Å². The van der Waals surface area contributed by atoms with Gasteiger partial charge in [-0.1, -0.05) is 51.9 Å². The average molecular weight is 319 g/mol. The molecule has 2 N–H and O–H groups in total. The van der Waals surface area contributed by atoms with Crippen molar-refractivity contribution >= 4 is 41.4 Å². The van der Waals surface area contributed by atoms with E-state index >= 15 is 0 Å². The maximum atomic E-state index is 11.9. The molecule has 0 aliphatic carbocycles. The Hall–Kier alpha value is -0.0600. The molecule has 1 atom stereocenters. The summed E-state index contributed by atoms with van der Waals surface area (Å²) < 4.78 is 0. The van der Waals surface area contributed by atoms with Crippen LogP contribution in [0.25, 0.3) is 0 Å². The molecule has 0 bridgehead atoms. The van der Waals surface area contributed by atoms with Crippen LogP contribution < -0.4 is 10.6 Å². The fourth-order valence-electron chi connectivity index (χ4n) is 2.82. The molecule has 1 rings (SSSR count). The van der Waals surface area contributed by atoms with Gasteiger partial charge in [-0.15, -0.1) is 0 Å². The van der Waals surface area contributed by atoms with Gasteiger partial charge in [0.05, 0.1) is 0 Å². The maximum Gasteiger partial charge on any atom is 0.222 e. The van der Waals surface area contributed by atoms with Crippen LogP contribution in [-0.2, 0) is 9.59 Å². The number of amides is 2. The molecule has 1 heterocycles. The number of hydrogen-bond acceptors (Lipinski definition) is 2. The van der Waals surface area contributed by atoms with E-state index in [1.54, 1.807) is 0 Å². The average Bonchev–Trinajstić information content (AvgIpc) is 2.66. The Labute approximate surface area is 157 Å². The second-order valence-electron chi connectivity index (χ2n) is 6.19. The van der Waals surface area contributed by atoms with E-state index in [1.807, 2.05) is 0 Å². The number of nitrogens with one attached hydrogen (secondary N) is 2.